The normalized spacial score (nSPS) is 27.0. The highest BCUT2D eigenvalue weighted by atomic mass is 16.5. The van der Waals surface area contributed by atoms with Crippen LogP contribution < -0.4 is 5.32 Å². The minimum atomic E-state index is 0.0168. The Kier molecular flexibility index (Phi) is 7.05. The third-order valence-corrected chi connectivity index (χ3v) is 6.74. The van der Waals surface area contributed by atoms with Gasteiger partial charge in [-0.3, -0.25) is 5.10 Å². The third-order valence-electron chi connectivity index (χ3n) is 6.74. The Morgan fingerprint density at radius 1 is 1.17 bits per heavy atom. The number of carbonyl (C=O) groups excluding carboxylic acids is 1. The van der Waals surface area contributed by atoms with E-state index in [4.69, 9.17) is 4.74 Å². The summed E-state index contributed by atoms with van der Waals surface area (Å²) in [7, 11) is 0. The van der Waals surface area contributed by atoms with Crippen molar-refractivity contribution in [3.8, 4) is 0 Å². The number of likely N-dealkylation sites (tertiary alicyclic amines) is 1. The maximum Gasteiger partial charge on any atom is 0.317 e. The monoisotopic (exact) mass is 410 g/mol. The Bertz CT molecular complexity index is 772. The molecule has 0 bridgehead atoms. The maximum absolute atomic E-state index is 12.7. The van der Waals surface area contributed by atoms with Gasteiger partial charge in [-0.1, -0.05) is 30.3 Å². The number of piperidine rings is 1. The van der Waals surface area contributed by atoms with Crippen LogP contribution in [0.4, 0.5) is 4.79 Å². The Morgan fingerprint density at radius 2 is 1.97 bits per heavy atom. The molecule has 162 valence electrons. The molecule has 2 fully saturated rings. The molecule has 0 spiro atoms. The Balaban J connectivity index is 1.38. The molecule has 2 amide bonds. The van der Waals surface area contributed by atoms with Gasteiger partial charge in [-0.05, 0) is 63.0 Å². The van der Waals surface area contributed by atoms with E-state index in [9.17, 15) is 4.79 Å². The highest BCUT2D eigenvalue weighted by Crippen LogP contribution is 2.36. The molecule has 2 heterocycles. The second-order valence-corrected chi connectivity index (χ2v) is 8.57. The van der Waals surface area contributed by atoms with E-state index in [1.807, 2.05) is 17.9 Å². The second kappa shape index (κ2) is 10.1. The molecule has 1 saturated heterocycles. The summed E-state index contributed by atoms with van der Waals surface area (Å²) < 4.78 is 6.44. The minimum absolute atomic E-state index is 0.0168. The average molecular weight is 411 g/mol. The van der Waals surface area contributed by atoms with Gasteiger partial charge in [0.25, 0.3) is 0 Å². The van der Waals surface area contributed by atoms with Gasteiger partial charge in [0, 0.05) is 30.9 Å². The number of nitrogens with one attached hydrogen (secondary N) is 2. The number of rotatable bonds is 6. The summed E-state index contributed by atoms with van der Waals surface area (Å²) in [5, 5.41) is 10.2. The number of carbonyl (C=O) groups is 1. The minimum Gasteiger partial charge on any atom is -0.376 e. The molecule has 4 rings (SSSR count). The number of aromatic amines is 1. The highest BCUT2D eigenvalue weighted by molar-refractivity contribution is 5.74. The first-order valence-corrected chi connectivity index (χ1v) is 11.5. The summed E-state index contributed by atoms with van der Waals surface area (Å²) in [6.07, 6.45) is 8.64. The molecular formula is C24H34N4O2. The van der Waals surface area contributed by atoms with E-state index < -0.39 is 0 Å². The van der Waals surface area contributed by atoms with Gasteiger partial charge in [0.2, 0.25) is 0 Å². The highest BCUT2D eigenvalue weighted by Gasteiger charge is 2.37. The second-order valence-electron chi connectivity index (χ2n) is 8.57. The van der Waals surface area contributed by atoms with E-state index in [1.54, 1.807) is 6.20 Å². The number of nitrogens with zero attached hydrogens (tertiary/aromatic N) is 2. The Morgan fingerprint density at radius 3 is 2.67 bits per heavy atom. The molecule has 6 heteroatoms. The van der Waals surface area contributed by atoms with Crippen LogP contribution >= 0.6 is 0 Å². The van der Waals surface area contributed by atoms with Gasteiger partial charge in [-0.25, -0.2) is 4.79 Å². The van der Waals surface area contributed by atoms with Gasteiger partial charge in [0.1, 0.15) is 0 Å². The van der Waals surface area contributed by atoms with E-state index in [0.717, 1.165) is 37.9 Å². The molecule has 2 N–H and O–H groups in total. The quantitative estimate of drug-likeness (QED) is 0.740. The van der Waals surface area contributed by atoms with Crippen LogP contribution in [0.3, 0.4) is 0 Å². The SMILES string of the molecule is CCNC(=O)N1CCC[C@H](c2ccn[nH]2)C1COC1CCC(c2ccccc2)CC1. The van der Waals surface area contributed by atoms with Crippen molar-refractivity contribution >= 4 is 6.03 Å². The van der Waals surface area contributed by atoms with Gasteiger partial charge in [0.15, 0.2) is 0 Å². The van der Waals surface area contributed by atoms with Crippen LogP contribution in [0.2, 0.25) is 0 Å². The first-order valence-electron chi connectivity index (χ1n) is 11.5. The molecule has 1 saturated carbocycles. The van der Waals surface area contributed by atoms with E-state index >= 15 is 0 Å². The standard InChI is InChI=1S/C24H34N4O2/c1-2-25-24(29)28-16-6-9-21(22-14-15-26-27-22)23(28)17-30-20-12-10-19(11-13-20)18-7-4-3-5-8-18/h3-5,7-8,14-15,19-21,23H,2,6,9-13,16-17H2,1H3,(H,25,29)(H,26,27)/t19?,20?,21-,23?/m1/s1. The molecule has 1 aromatic heterocycles. The van der Waals surface area contributed by atoms with Crippen molar-refractivity contribution in [3.63, 3.8) is 0 Å². The van der Waals surface area contributed by atoms with Crippen molar-refractivity contribution in [1.29, 1.82) is 0 Å². The van der Waals surface area contributed by atoms with Crippen LogP contribution in [0.15, 0.2) is 42.6 Å². The van der Waals surface area contributed by atoms with Crippen molar-refractivity contribution < 1.29 is 9.53 Å². The van der Waals surface area contributed by atoms with Crippen molar-refractivity contribution in [1.82, 2.24) is 20.4 Å². The summed E-state index contributed by atoms with van der Waals surface area (Å²) in [5.41, 5.74) is 2.55. The summed E-state index contributed by atoms with van der Waals surface area (Å²) in [6, 6.07) is 12.9. The van der Waals surface area contributed by atoms with E-state index in [-0.39, 0.29) is 24.1 Å². The number of benzene rings is 1. The molecule has 1 aromatic carbocycles. The fraction of sp³-hybridized carbons (Fsp3) is 0.583. The number of H-pyrrole nitrogens is 1. The van der Waals surface area contributed by atoms with Gasteiger partial charge in [-0.2, -0.15) is 5.10 Å². The Hall–Kier alpha value is -2.34. The maximum atomic E-state index is 12.7. The van der Waals surface area contributed by atoms with Crippen molar-refractivity contribution in [2.75, 3.05) is 19.7 Å². The summed E-state index contributed by atoms with van der Waals surface area (Å²) in [6.45, 7) is 3.97. The van der Waals surface area contributed by atoms with E-state index in [2.05, 4.69) is 45.8 Å². The molecule has 6 nitrogen and oxygen atoms in total. The first-order chi connectivity index (χ1) is 14.8. The fourth-order valence-electron chi connectivity index (χ4n) is 5.13. The van der Waals surface area contributed by atoms with Crippen molar-refractivity contribution in [2.24, 2.45) is 0 Å². The molecule has 2 atom stereocenters. The summed E-state index contributed by atoms with van der Waals surface area (Å²) >= 11 is 0. The van der Waals surface area contributed by atoms with Crippen LogP contribution in [0, 0.1) is 0 Å². The predicted octanol–water partition coefficient (Wildman–Crippen LogP) is 4.43. The molecule has 30 heavy (non-hydrogen) atoms. The summed E-state index contributed by atoms with van der Waals surface area (Å²) in [5.74, 6) is 0.884. The topological polar surface area (TPSA) is 70.2 Å². The molecule has 1 aliphatic heterocycles. The number of urea groups is 1. The fourth-order valence-corrected chi connectivity index (χ4v) is 5.13. The average Bonchev–Trinajstić information content (AvgIpc) is 3.33. The van der Waals surface area contributed by atoms with E-state index in [0.29, 0.717) is 19.1 Å². The largest absolute Gasteiger partial charge is 0.376 e. The van der Waals surface area contributed by atoms with Crippen LogP contribution in [-0.4, -0.2) is 53.0 Å². The lowest BCUT2D eigenvalue weighted by atomic mass is 9.82. The first kappa shape index (κ1) is 20.9. The zero-order valence-corrected chi connectivity index (χ0v) is 17.9. The molecular weight excluding hydrogens is 376 g/mol. The lowest BCUT2D eigenvalue weighted by Crippen LogP contribution is -2.53. The van der Waals surface area contributed by atoms with Gasteiger partial charge in [0.05, 0.1) is 18.8 Å². The lowest BCUT2D eigenvalue weighted by Gasteiger charge is -2.41. The number of hydrogen-bond donors (Lipinski definition) is 2. The summed E-state index contributed by atoms with van der Waals surface area (Å²) in [4.78, 5) is 14.7. The van der Waals surface area contributed by atoms with Crippen LogP contribution in [0.5, 0.6) is 0 Å². The lowest BCUT2D eigenvalue weighted by molar-refractivity contribution is -0.0170. The van der Waals surface area contributed by atoms with Crippen molar-refractivity contribution in [3.05, 3.63) is 53.9 Å². The van der Waals surface area contributed by atoms with Gasteiger partial charge in [-0.15, -0.1) is 0 Å². The van der Waals surface area contributed by atoms with Gasteiger partial charge < -0.3 is 15.0 Å². The van der Waals surface area contributed by atoms with Crippen LogP contribution in [-0.2, 0) is 4.74 Å². The molecule has 2 aromatic rings. The zero-order chi connectivity index (χ0) is 20.8. The van der Waals surface area contributed by atoms with Crippen LogP contribution in [0.25, 0.3) is 0 Å². The zero-order valence-electron chi connectivity index (χ0n) is 17.9. The number of hydrogen-bond acceptors (Lipinski definition) is 3. The number of amides is 2. The molecule has 2 aliphatic rings. The third kappa shape index (κ3) is 4.86. The van der Waals surface area contributed by atoms with E-state index in [1.165, 1.54) is 18.4 Å². The van der Waals surface area contributed by atoms with Gasteiger partial charge >= 0.3 is 6.03 Å². The predicted molar refractivity (Wildman–Crippen MR) is 118 cm³/mol. The molecule has 0 radical (unpaired) electrons. The molecule has 1 aliphatic carbocycles. The Labute approximate surface area is 179 Å². The number of ether oxygens (including phenoxy) is 1. The molecule has 1 unspecified atom stereocenters. The smallest absolute Gasteiger partial charge is 0.317 e. The van der Waals surface area contributed by atoms with Crippen molar-refractivity contribution in [2.45, 2.75) is 69.4 Å². The van der Waals surface area contributed by atoms with Crippen LogP contribution in [0.1, 0.15) is 68.5 Å². The number of aromatic nitrogens is 2.